The Kier molecular flexibility index (Phi) is 6.37. The largest absolute Gasteiger partial charge is 0.497 e. The van der Waals surface area contributed by atoms with Crippen LogP contribution < -0.4 is 14.9 Å². The van der Waals surface area contributed by atoms with Crippen LogP contribution >= 0.6 is 15.9 Å². The molecule has 0 saturated heterocycles. The second kappa shape index (κ2) is 8.49. The standard InChI is InChI=1S/C18H19BrN2O3/c1-4-24-17-10-7-14(19)11-16(17)18(22)21-20-12(2)13-5-8-15(23-3)9-6-13/h5-11H,4H2,1-3H3,(H,21,22). The van der Waals surface area contributed by atoms with Crippen molar-refractivity contribution in [3.63, 3.8) is 0 Å². The van der Waals surface area contributed by atoms with Crippen LogP contribution in [0.15, 0.2) is 52.0 Å². The van der Waals surface area contributed by atoms with Crippen LogP contribution in [0, 0.1) is 0 Å². The minimum atomic E-state index is -0.326. The van der Waals surface area contributed by atoms with Gasteiger partial charge in [-0.1, -0.05) is 15.9 Å². The number of halogens is 1. The molecule has 6 heteroatoms. The Morgan fingerprint density at radius 1 is 1.21 bits per heavy atom. The first-order valence-electron chi connectivity index (χ1n) is 7.46. The molecule has 0 heterocycles. The summed E-state index contributed by atoms with van der Waals surface area (Å²) in [7, 11) is 1.62. The third kappa shape index (κ3) is 4.58. The number of hydrogen-bond acceptors (Lipinski definition) is 4. The molecule has 5 nitrogen and oxygen atoms in total. The molecule has 0 aromatic heterocycles. The summed E-state index contributed by atoms with van der Waals surface area (Å²) in [4.78, 5) is 12.4. The summed E-state index contributed by atoms with van der Waals surface area (Å²) in [6.07, 6.45) is 0. The summed E-state index contributed by atoms with van der Waals surface area (Å²) in [6.45, 7) is 4.18. The van der Waals surface area contributed by atoms with E-state index in [1.807, 2.05) is 44.2 Å². The molecule has 0 bridgehead atoms. The highest BCUT2D eigenvalue weighted by atomic mass is 79.9. The minimum absolute atomic E-state index is 0.326. The number of carbonyl (C=O) groups is 1. The number of nitrogens with one attached hydrogen (secondary N) is 1. The van der Waals surface area contributed by atoms with Crippen molar-refractivity contribution in [2.24, 2.45) is 5.10 Å². The number of rotatable bonds is 6. The summed E-state index contributed by atoms with van der Waals surface area (Å²) in [5.41, 5.74) is 4.59. The summed E-state index contributed by atoms with van der Waals surface area (Å²) in [6, 6.07) is 12.7. The monoisotopic (exact) mass is 390 g/mol. The van der Waals surface area contributed by atoms with Crippen molar-refractivity contribution >= 4 is 27.5 Å². The van der Waals surface area contributed by atoms with Gasteiger partial charge in [-0.05, 0) is 61.9 Å². The van der Waals surface area contributed by atoms with E-state index in [9.17, 15) is 4.79 Å². The van der Waals surface area contributed by atoms with Gasteiger partial charge < -0.3 is 9.47 Å². The third-order valence-corrected chi connectivity index (χ3v) is 3.81. The van der Waals surface area contributed by atoms with Crippen molar-refractivity contribution in [1.29, 1.82) is 0 Å². The van der Waals surface area contributed by atoms with E-state index in [4.69, 9.17) is 9.47 Å². The summed E-state index contributed by atoms with van der Waals surface area (Å²) < 4.78 is 11.4. The van der Waals surface area contributed by atoms with Crippen LogP contribution in [0.2, 0.25) is 0 Å². The lowest BCUT2D eigenvalue weighted by atomic mass is 10.1. The summed E-state index contributed by atoms with van der Waals surface area (Å²) >= 11 is 3.36. The lowest BCUT2D eigenvalue weighted by Crippen LogP contribution is -2.20. The summed E-state index contributed by atoms with van der Waals surface area (Å²) in [5, 5.41) is 4.16. The number of hydrazone groups is 1. The highest BCUT2D eigenvalue weighted by Crippen LogP contribution is 2.23. The van der Waals surface area contributed by atoms with Gasteiger partial charge in [-0.25, -0.2) is 5.43 Å². The zero-order valence-corrected chi connectivity index (χ0v) is 15.4. The Morgan fingerprint density at radius 3 is 2.54 bits per heavy atom. The first kappa shape index (κ1) is 18.0. The maximum absolute atomic E-state index is 12.4. The Bertz CT molecular complexity index is 742. The average molecular weight is 391 g/mol. The molecular weight excluding hydrogens is 372 g/mol. The van der Waals surface area contributed by atoms with Gasteiger partial charge in [-0.15, -0.1) is 0 Å². The van der Waals surface area contributed by atoms with Crippen LogP contribution in [0.1, 0.15) is 29.8 Å². The molecule has 2 aromatic carbocycles. The van der Waals surface area contributed by atoms with E-state index in [1.165, 1.54) is 0 Å². The van der Waals surface area contributed by atoms with Crippen LogP contribution in [0.3, 0.4) is 0 Å². The van der Waals surface area contributed by atoms with Crippen LogP contribution in [0.4, 0.5) is 0 Å². The normalized spacial score (nSPS) is 11.1. The van der Waals surface area contributed by atoms with Crippen LogP contribution in [0.5, 0.6) is 11.5 Å². The van der Waals surface area contributed by atoms with E-state index in [-0.39, 0.29) is 5.91 Å². The number of carbonyl (C=O) groups excluding carboxylic acids is 1. The predicted octanol–water partition coefficient (Wildman–Crippen LogP) is 4.01. The molecule has 2 rings (SSSR count). The van der Waals surface area contributed by atoms with E-state index >= 15 is 0 Å². The van der Waals surface area contributed by atoms with E-state index in [2.05, 4.69) is 26.5 Å². The van der Waals surface area contributed by atoms with Crippen molar-refractivity contribution in [3.8, 4) is 11.5 Å². The molecule has 0 aliphatic rings. The molecule has 2 aromatic rings. The Labute approximate surface area is 149 Å². The fraction of sp³-hybridized carbons (Fsp3) is 0.222. The van der Waals surface area contributed by atoms with Gasteiger partial charge in [0.2, 0.25) is 0 Å². The highest BCUT2D eigenvalue weighted by Gasteiger charge is 2.13. The van der Waals surface area contributed by atoms with Crippen LogP contribution in [-0.4, -0.2) is 25.3 Å². The molecular formula is C18H19BrN2O3. The lowest BCUT2D eigenvalue weighted by molar-refractivity contribution is 0.0951. The molecule has 24 heavy (non-hydrogen) atoms. The fourth-order valence-corrected chi connectivity index (χ4v) is 2.41. The van der Waals surface area contributed by atoms with Gasteiger partial charge in [0.1, 0.15) is 11.5 Å². The van der Waals surface area contributed by atoms with E-state index < -0.39 is 0 Å². The molecule has 0 atom stereocenters. The molecule has 0 saturated carbocycles. The second-order valence-electron chi connectivity index (χ2n) is 4.94. The molecule has 0 unspecified atom stereocenters. The van der Waals surface area contributed by atoms with Gasteiger partial charge >= 0.3 is 0 Å². The van der Waals surface area contributed by atoms with E-state index in [1.54, 1.807) is 19.2 Å². The number of ether oxygens (including phenoxy) is 2. The fourth-order valence-electron chi connectivity index (χ4n) is 2.05. The first-order chi connectivity index (χ1) is 11.5. The van der Waals surface area contributed by atoms with Gasteiger partial charge in [0.15, 0.2) is 0 Å². The smallest absolute Gasteiger partial charge is 0.275 e. The van der Waals surface area contributed by atoms with Gasteiger partial charge in [-0.3, -0.25) is 4.79 Å². The number of hydrogen-bond donors (Lipinski definition) is 1. The molecule has 0 radical (unpaired) electrons. The third-order valence-electron chi connectivity index (χ3n) is 3.32. The van der Waals surface area contributed by atoms with Crippen molar-refractivity contribution in [3.05, 3.63) is 58.1 Å². The van der Waals surface area contributed by atoms with Gasteiger partial charge in [0.05, 0.1) is 25.0 Å². The topological polar surface area (TPSA) is 59.9 Å². The molecule has 0 spiro atoms. The van der Waals surface area contributed by atoms with Gasteiger partial charge in [0.25, 0.3) is 5.91 Å². The van der Waals surface area contributed by atoms with Crippen molar-refractivity contribution < 1.29 is 14.3 Å². The second-order valence-corrected chi connectivity index (χ2v) is 5.86. The highest BCUT2D eigenvalue weighted by molar-refractivity contribution is 9.10. The SMILES string of the molecule is CCOc1ccc(Br)cc1C(=O)NN=C(C)c1ccc(OC)cc1. The van der Waals surface area contributed by atoms with Crippen molar-refractivity contribution in [2.75, 3.05) is 13.7 Å². The number of benzene rings is 2. The Hall–Kier alpha value is -2.34. The van der Waals surface area contributed by atoms with Crippen molar-refractivity contribution in [1.82, 2.24) is 5.43 Å². The number of methoxy groups -OCH3 is 1. The first-order valence-corrected chi connectivity index (χ1v) is 8.25. The average Bonchev–Trinajstić information content (AvgIpc) is 2.61. The molecule has 1 amide bonds. The zero-order chi connectivity index (χ0) is 17.5. The Morgan fingerprint density at radius 2 is 1.92 bits per heavy atom. The number of nitrogens with zero attached hydrogens (tertiary/aromatic N) is 1. The molecule has 0 aliphatic heterocycles. The van der Waals surface area contributed by atoms with Crippen LogP contribution in [-0.2, 0) is 0 Å². The van der Waals surface area contributed by atoms with Crippen molar-refractivity contribution in [2.45, 2.75) is 13.8 Å². The number of amides is 1. The minimum Gasteiger partial charge on any atom is -0.497 e. The maximum Gasteiger partial charge on any atom is 0.275 e. The van der Waals surface area contributed by atoms with E-state index in [0.29, 0.717) is 23.6 Å². The molecule has 126 valence electrons. The van der Waals surface area contributed by atoms with Gasteiger partial charge in [-0.2, -0.15) is 5.10 Å². The molecule has 1 N–H and O–H groups in total. The maximum atomic E-state index is 12.4. The predicted molar refractivity (Wildman–Crippen MR) is 98.0 cm³/mol. The Balaban J connectivity index is 2.15. The van der Waals surface area contributed by atoms with Gasteiger partial charge in [0, 0.05) is 4.47 Å². The van der Waals surface area contributed by atoms with Crippen LogP contribution in [0.25, 0.3) is 0 Å². The quantitative estimate of drug-likeness (QED) is 0.598. The summed E-state index contributed by atoms with van der Waals surface area (Å²) in [5.74, 6) is 0.967. The zero-order valence-electron chi connectivity index (χ0n) is 13.8. The molecule has 0 fully saturated rings. The lowest BCUT2D eigenvalue weighted by Gasteiger charge is -2.10. The van der Waals surface area contributed by atoms with E-state index in [0.717, 1.165) is 15.8 Å². The molecule has 0 aliphatic carbocycles.